The number of hydrogen-bond acceptors (Lipinski definition) is 3. The Balaban J connectivity index is 2.07. The molecule has 0 amide bonds. The molecule has 0 aliphatic rings. The number of H-pyrrole nitrogens is 1. The van der Waals surface area contributed by atoms with Gasteiger partial charge in [0.2, 0.25) is 0 Å². The molecule has 3 aromatic rings. The first kappa shape index (κ1) is 16.1. The van der Waals surface area contributed by atoms with Gasteiger partial charge in [-0.05, 0) is 36.4 Å². The van der Waals surface area contributed by atoms with Crippen LogP contribution in [0.5, 0.6) is 5.75 Å². The molecule has 7 heteroatoms. The van der Waals surface area contributed by atoms with Crippen LogP contribution in [0.15, 0.2) is 46.9 Å². The average molecular weight is 390 g/mol. The number of hydrogen-bond donors (Lipinski definition) is 1. The van der Waals surface area contributed by atoms with Crippen LogP contribution in [0.2, 0.25) is 0 Å². The summed E-state index contributed by atoms with van der Waals surface area (Å²) in [6, 6.07) is 14.0. The van der Waals surface area contributed by atoms with Crippen molar-refractivity contribution in [3.63, 3.8) is 0 Å². The summed E-state index contributed by atoms with van der Waals surface area (Å²) in [5.41, 5.74) is 2.06. The number of halogens is 3. The van der Waals surface area contributed by atoms with Gasteiger partial charge in [0.25, 0.3) is 0 Å². The maximum atomic E-state index is 12.5. The molecule has 0 aliphatic heterocycles. The molecular formula is C17H10BrF2N3O. The normalized spacial score (nSPS) is 11.7. The van der Waals surface area contributed by atoms with E-state index in [1.165, 1.54) is 12.1 Å². The molecule has 0 aliphatic carbocycles. The molecule has 4 nitrogen and oxygen atoms in total. The molecule has 3 rings (SSSR count). The summed E-state index contributed by atoms with van der Waals surface area (Å²) in [6.45, 7) is -2.95. The second-order valence-electron chi connectivity index (χ2n) is 4.83. The molecule has 0 radical (unpaired) electrons. The monoisotopic (exact) mass is 389 g/mol. The van der Waals surface area contributed by atoms with Crippen LogP contribution in [0.3, 0.4) is 0 Å². The number of aromatic nitrogens is 2. The molecule has 0 fully saturated rings. The topological polar surface area (TPSA) is 61.7 Å². The molecule has 0 bridgehead atoms. The Bertz CT molecular complexity index is 927. The van der Waals surface area contributed by atoms with Crippen LogP contribution in [0.1, 0.15) is 11.4 Å². The Morgan fingerprint density at radius 1 is 1.29 bits per heavy atom. The van der Waals surface area contributed by atoms with Crippen LogP contribution >= 0.6 is 15.9 Å². The van der Waals surface area contributed by atoms with Crippen molar-refractivity contribution in [1.29, 1.82) is 5.26 Å². The lowest BCUT2D eigenvalue weighted by Gasteiger charge is -2.08. The van der Waals surface area contributed by atoms with Crippen LogP contribution in [-0.2, 0) is 0 Å². The van der Waals surface area contributed by atoms with Gasteiger partial charge in [-0.2, -0.15) is 14.0 Å². The first-order chi connectivity index (χ1) is 11.6. The van der Waals surface area contributed by atoms with Crippen molar-refractivity contribution >= 4 is 38.6 Å². The highest BCUT2D eigenvalue weighted by atomic mass is 79.9. The van der Waals surface area contributed by atoms with Crippen molar-refractivity contribution in [2.45, 2.75) is 6.61 Å². The van der Waals surface area contributed by atoms with Crippen molar-refractivity contribution in [3.05, 3.63) is 58.3 Å². The maximum Gasteiger partial charge on any atom is 0.387 e. The third-order valence-electron chi connectivity index (χ3n) is 3.25. The highest BCUT2D eigenvalue weighted by Gasteiger charge is 2.12. The molecule has 0 saturated heterocycles. The summed E-state index contributed by atoms with van der Waals surface area (Å²) in [4.78, 5) is 7.39. The SMILES string of the molecule is N#CC(=Cc1cc(Br)ccc1OC(F)F)c1nc2ccccc2[nH]1. The van der Waals surface area contributed by atoms with E-state index in [9.17, 15) is 14.0 Å². The van der Waals surface area contributed by atoms with Crippen LogP contribution < -0.4 is 4.74 Å². The summed E-state index contributed by atoms with van der Waals surface area (Å²) < 4.78 is 30.3. The molecule has 24 heavy (non-hydrogen) atoms. The second-order valence-corrected chi connectivity index (χ2v) is 5.75. The van der Waals surface area contributed by atoms with Gasteiger partial charge in [-0.3, -0.25) is 0 Å². The van der Waals surface area contributed by atoms with Gasteiger partial charge in [0.05, 0.1) is 16.6 Å². The molecule has 0 spiro atoms. The fourth-order valence-electron chi connectivity index (χ4n) is 2.22. The minimum atomic E-state index is -2.95. The van der Waals surface area contributed by atoms with E-state index in [2.05, 4.69) is 30.6 Å². The first-order valence-electron chi connectivity index (χ1n) is 6.88. The van der Waals surface area contributed by atoms with Crippen molar-refractivity contribution in [2.75, 3.05) is 0 Å². The van der Waals surface area contributed by atoms with Crippen molar-refractivity contribution in [3.8, 4) is 11.8 Å². The summed E-state index contributed by atoms with van der Waals surface area (Å²) >= 11 is 3.28. The lowest BCUT2D eigenvalue weighted by Crippen LogP contribution is -2.03. The number of nitrogens with one attached hydrogen (secondary N) is 1. The quantitative estimate of drug-likeness (QED) is 0.639. The lowest BCUT2D eigenvalue weighted by atomic mass is 10.1. The number of ether oxygens (including phenoxy) is 1. The van der Waals surface area contributed by atoms with Crippen molar-refractivity contribution in [1.82, 2.24) is 9.97 Å². The van der Waals surface area contributed by atoms with E-state index in [1.54, 1.807) is 12.1 Å². The number of alkyl halides is 2. The molecule has 120 valence electrons. The fraction of sp³-hybridized carbons (Fsp3) is 0.0588. The molecule has 0 atom stereocenters. The van der Waals surface area contributed by atoms with Gasteiger partial charge in [-0.1, -0.05) is 28.1 Å². The molecular weight excluding hydrogens is 380 g/mol. The number of rotatable bonds is 4. The Labute approximate surface area is 144 Å². The highest BCUT2D eigenvalue weighted by Crippen LogP contribution is 2.28. The number of para-hydroxylation sites is 2. The predicted molar refractivity (Wildman–Crippen MR) is 90.4 cm³/mol. The van der Waals surface area contributed by atoms with E-state index in [1.807, 2.05) is 30.3 Å². The summed E-state index contributed by atoms with van der Waals surface area (Å²) in [7, 11) is 0. The standard InChI is InChI=1S/C17H10BrF2N3O/c18-12-5-6-15(24-17(19)20)10(8-12)7-11(9-21)16-22-13-3-1-2-4-14(13)23-16/h1-8,17H,(H,22,23). The number of benzene rings is 2. The molecule has 0 unspecified atom stereocenters. The number of aromatic amines is 1. The second kappa shape index (κ2) is 6.81. The average Bonchev–Trinajstić information content (AvgIpc) is 2.98. The van der Waals surface area contributed by atoms with E-state index in [0.29, 0.717) is 21.4 Å². The molecule has 0 saturated carbocycles. The van der Waals surface area contributed by atoms with E-state index in [0.717, 1.165) is 5.52 Å². The van der Waals surface area contributed by atoms with Gasteiger partial charge in [-0.15, -0.1) is 0 Å². The van der Waals surface area contributed by atoms with E-state index in [4.69, 9.17) is 0 Å². The molecule has 1 heterocycles. The number of fused-ring (bicyclic) bond motifs is 1. The van der Waals surface area contributed by atoms with E-state index >= 15 is 0 Å². The first-order valence-corrected chi connectivity index (χ1v) is 7.67. The maximum absolute atomic E-state index is 12.5. The van der Waals surface area contributed by atoms with Crippen LogP contribution in [0, 0.1) is 11.3 Å². The number of imidazole rings is 1. The number of nitrogens with zero attached hydrogens (tertiary/aromatic N) is 2. The highest BCUT2D eigenvalue weighted by molar-refractivity contribution is 9.10. The molecule has 1 N–H and O–H groups in total. The minimum Gasteiger partial charge on any atom is -0.434 e. The van der Waals surface area contributed by atoms with E-state index in [-0.39, 0.29) is 11.3 Å². The Morgan fingerprint density at radius 3 is 2.79 bits per heavy atom. The molecule has 2 aromatic carbocycles. The summed E-state index contributed by atoms with van der Waals surface area (Å²) in [6.07, 6.45) is 1.46. The van der Waals surface area contributed by atoms with Gasteiger partial charge in [0.15, 0.2) is 0 Å². The number of allylic oxidation sites excluding steroid dienone is 1. The van der Waals surface area contributed by atoms with Gasteiger partial charge in [-0.25, -0.2) is 4.98 Å². The molecule has 1 aromatic heterocycles. The van der Waals surface area contributed by atoms with Gasteiger partial charge in [0.1, 0.15) is 17.6 Å². The van der Waals surface area contributed by atoms with Gasteiger partial charge < -0.3 is 9.72 Å². The third kappa shape index (κ3) is 3.44. The zero-order valence-electron chi connectivity index (χ0n) is 12.1. The van der Waals surface area contributed by atoms with Gasteiger partial charge >= 0.3 is 6.61 Å². The Morgan fingerprint density at radius 2 is 2.08 bits per heavy atom. The predicted octanol–water partition coefficient (Wildman–Crippen LogP) is 4.99. The van der Waals surface area contributed by atoms with Crippen LogP contribution in [0.4, 0.5) is 8.78 Å². The van der Waals surface area contributed by atoms with Crippen LogP contribution in [0.25, 0.3) is 22.7 Å². The number of nitriles is 1. The fourth-order valence-corrected chi connectivity index (χ4v) is 2.60. The Kier molecular flexibility index (Phi) is 4.58. The van der Waals surface area contributed by atoms with Crippen molar-refractivity contribution in [2.24, 2.45) is 0 Å². The lowest BCUT2D eigenvalue weighted by molar-refractivity contribution is -0.0499. The summed E-state index contributed by atoms with van der Waals surface area (Å²) in [5, 5.41) is 9.43. The van der Waals surface area contributed by atoms with E-state index < -0.39 is 6.61 Å². The summed E-state index contributed by atoms with van der Waals surface area (Å²) in [5.74, 6) is 0.346. The van der Waals surface area contributed by atoms with Crippen LogP contribution in [-0.4, -0.2) is 16.6 Å². The largest absolute Gasteiger partial charge is 0.434 e. The van der Waals surface area contributed by atoms with Gasteiger partial charge in [0, 0.05) is 10.0 Å². The third-order valence-corrected chi connectivity index (χ3v) is 3.75. The minimum absolute atomic E-state index is 0.0166. The smallest absolute Gasteiger partial charge is 0.387 e. The van der Waals surface area contributed by atoms with Crippen molar-refractivity contribution < 1.29 is 13.5 Å². The Hall–Kier alpha value is -2.72. The zero-order chi connectivity index (χ0) is 17.1. The zero-order valence-corrected chi connectivity index (χ0v) is 13.7.